The van der Waals surface area contributed by atoms with Gasteiger partial charge in [0, 0.05) is 51.1 Å². The van der Waals surface area contributed by atoms with Crippen LogP contribution in [0.25, 0.3) is 51.1 Å². The van der Waals surface area contributed by atoms with Crippen molar-refractivity contribution in [3.05, 3.63) is 70.8 Å². The third-order valence-corrected chi connectivity index (χ3v) is 11.3. The van der Waals surface area contributed by atoms with Gasteiger partial charge >= 0.3 is 0 Å². The van der Waals surface area contributed by atoms with Crippen LogP contribution in [-0.4, -0.2) is 0 Å². The third-order valence-electron chi connectivity index (χ3n) is 8.91. The van der Waals surface area contributed by atoms with Gasteiger partial charge in [0.25, 0.3) is 0 Å². The van der Waals surface area contributed by atoms with Crippen LogP contribution in [-0.2, 0) is 25.7 Å². The van der Waals surface area contributed by atoms with Crippen molar-refractivity contribution < 1.29 is 0 Å². The van der Waals surface area contributed by atoms with E-state index >= 15 is 0 Å². The summed E-state index contributed by atoms with van der Waals surface area (Å²) in [6, 6.07) is 19.9. The fraction of sp³-hybridized carbons (Fsp3) is 0.421. The summed E-state index contributed by atoms with van der Waals surface area (Å²) in [6.45, 7) is 9.23. The first-order valence-electron chi connectivity index (χ1n) is 15.9. The monoisotopic (exact) mass is 564 g/mol. The standard InChI is InChI=1S/C38H44S2/c1-5-9-13-25-21-33-31-19-17-30-29(37(31)39-35(33)23-27(25)15-11-7-3)18-20-32-34-22-26(14-10-6-2)28(16-12-8-4)24-36(34)40-38(30)32/h17-24H,5-16H2,1-4H3. The summed E-state index contributed by atoms with van der Waals surface area (Å²) < 4.78 is 5.86. The van der Waals surface area contributed by atoms with E-state index in [0.29, 0.717) is 0 Å². The van der Waals surface area contributed by atoms with E-state index in [2.05, 4.69) is 76.2 Å². The minimum absolute atomic E-state index is 1.21. The van der Waals surface area contributed by atoms with Crippen molar-refractivity contribution in [1.29, 1.82) is 0 Å². The molecule has 4 aromatic carbocycles. The molecule has 0 atom stereocenters. The van der Waals surface area contributed by atoms with Gasteiger partial charge in [0.05, 0.1) is 0 Å². The van der Waals surface area contributed by atoms with Crippen molar-refractivity contribution in [2.75, 3.05) is 0 Å². The Labute approximate surface area is 248 Å². The van der Waals surface area contributed by atoms with Gasteiger partial charge in [-0.05, 0) is 97.9 Å². The Balaban J connectivity index is 1.53. The predicted molar refractivity (Wildman–Crippen MR) is 184 cm³/mol. The van der Waals surface area contributed by atoms with Gasteiger partial charge in [0.1, 0.15) is 0 Å². The summed E-state index contributed by atoms with van der Waals surface area (Å²) in [6.07, 6.45) is 15.0. The number of rotatable bonds is 12. The molecular weight excluding hydrogens is 521 g/mol. The van der Waals surface area contributed by atoms with Gasteiger partial charge in [-0.1, -0.05) is 77.6 Å². The van der Waals surface area contributed by atoms with Crippen LogP contribution in [0.15, 0.2) is 48.5 Å². The van der Waals surface area contributed by atoms with Gasteiger partial charge in [0.2, 0.25) is 0 Å². The van der Waals surface area contributed by atoms with E-state index in [1.54, 1.807) is 22.3 Å². The first-order valence-corrected chi connectivity index (χ1v) is 17.6. The molecule has 208 valence electrons. The van der Waals surface area contributed by atoms with Gasteiger partial charge in [-0.15, -0.1) is 22.7 Å². The van der Waals surface area contributed by atoms with Gasteiger partial charge in [-0.3, -0.25) is 0 Å². The molecule has 0 saturated heterocycles. The van der Waals surface area contributed by atoms with Crippen molar-refractivity contribution in [1.82, 2.24) is 0 Å². The predicted octanol–water partition coefficient (Wildman–Crippen LogP) is 12.9. The molecule has 0 N–H and O–H groups in total. The molecule has 0 radical (unpaired) electrons. The number of hydrogen-bond acceptors (Lipinski definition) is 2. The molecule has 2 aromatic heterocycles. The molecule has 0 saturated carbocycles. The zero-order chi connectivity index (χ0) is 27.6. The van der Waals surface area contributed by atoms with E-state index < -0.39 is 0 Å². The highest BCUT2D eigenvalue weighted by molar-refractivity contribution is 7.28. The lowest BCUT2D eigenvalue weighted by molar-refractivity contribution is 0.759. The summed E-state index contributed by atoms with van der Waals surface area (Å²) in [5.74, 6) is 0. The Bertz CT molecular complexity index is 1660. The number of hydrogen-bond donors (Lipinski definition) is 0. The molecule has 0 bridgehead atoms. The Kier molecular flexibility index (Phi) is 8.47. The Hall–Kier alpha value is -2.42. The van der Waals surface area contributed by atoms with Crippen LogP contribution in [0.1, 0.15) is 101 Å². The highest BCUT2D eigenvalue weighted by Crippen LogP contribution is 2.45. The van der Waals surface area contributed by atoms with E-state index in [0.717, 1.165) is 0 Å². The molecule has 0 nitrogen and oxygen atoms in total. The van der Waals surface area contributed by atoms with E-state index in [-0.39, 0.29) is 0 Å². The highest BCUT2D eigenvalue weighted by atomic mass is 32.1. The van der Waals surface area contributed by atoms with E-state index in [4.69, 9.17) is 0 Å². The molecule has 0 amide bonds. The van der Waals surface area contributed by atoms with E-state index in [1.807, 2.05) is 22.7 Å². The lowest BCUT2D eigenvalue weighted by atomic mass is 9.94. The molecule has 0 spiro atoms. The normalized spacial score (nSPS) is 12.2. The number of benzene rings is 4. The molecule has 0 unspecified atom stereocenters. The average molecular weight is 565 g/mol. The molecule has 0 aliphatic carbocycles. The lowest BCUT2D eigenvalue weighted by Gasteiger charge is -2.10. The smallest absolute Gasteiger partial charge is 0.0434 e. The Morgan fingerprint density at radius 3 is 1.02 bits per heavy atom. The second-order valence-corrected chi connectivity index (χ2v) is 13.9. The van der Waals surface area contributed by atoms with Crippen LogP contribution in [0.4, 0.5) is 0 Å². The fourth-order valence-corrected chi connectivity index (χ4v) is 9.09. The summed E-state index contributed by atoms with van der Waals surface area (Å²) in [5.41, 5.74) is 6.34. The zero-order valence-electron chi connectivity index (χ0n) is 24.9. The second kappa shape index (κ2) is 12.2. The van der Waals surface area contributed by atoms with Crippen molar-refractivity contribution in [2.45, 2.75) is 105 Å². The van der Waals surface area contributed by atoms with Gasteiger partial charge < -0.3 is 0 Å². The van der Waals surface area contributed by atoms with E-state index in [1.165, 1.54) is 128 Å². The van der Waals surface area contributed by atoms with E-state index in [9.17, 15) is 0 Å². The molecule has 0 aliphatic heterocycles. The molecule has 0 fully saturated rings. The van der Waals surface area contributed by atoms with Crippen molar-refractivity contribution in [3.63, 3.8) is 0 Å². The lowest BCUT2D eigenvalue weighted by Crippen LogP contribution is -1.95. The van der Waals surface area contributed by atoms with Crippen LogP contribution in [0, 0.1) is 0 Å². The average Bonchev–Trinajstić information content (AvgIpc) is 3.53. The zero-order valence-corrected chi connectivity index (χ0v) is 26.6. The molecule has 6 aromatic rings. The summed E-state index contributed by atoms with van der Waals surface area (Å²) in [5, 5.41) is 8.67. The molecule has 40 heavy (non-hydrogen) atoms. The molecule has 6 rings (SSSR count). The maximum absolute atomic E-state index is 2.55. The minimum atomic E-state index is 1.21. The fourth-order valence-electron chi connectivity index (χ4n) is 6.54. The minimum Gasteiger partial charge on any atom is -0.135 e. The first kappa shape index (κ1) is 27.7. The molecule has 2 heterocycles. The number of fused-ring (bicyclic) bond motifs is 9. The topological polar surface area (TPSA) is 0 Å². The Morgan fingerprint density at radius 1 is 0.400 bits per heavy atom. The second-order valence-electron chi connectivity index (χ2n) is 11.8. The van der Waals surface area contributed by atoms with Crippen molar-refractivity contribution >= 4 is 73.8 Å². The molecule has 0 aliphatic rings. The van der Waals surface area contributed by atoms with Gasteiger partial charge in [-0.2, -0.15) is 0 Å². The summed E-state index contributed by atoms with van der Waals surface area (Å²) in [4.78, 5) is 0. The summed E-state index contributed by atoms with van der Waals surface area (Å²) >= 11 is 4.03. The summed E-state index contributed by atoms with van der Waals surface area (Å²) in [7, 11) is 0. The number of aryl methyl sites for hydroxylation is 4. The quantitative estimate of drug-likeness (QED) is 0.139. The number of thiophene rings is 2. The van der Waals surface area contributed by atoms with Crippen LogP contribution < -0.4 is 0 Å². The van der Waals surface area contributed by atoms with Crippen LogP contribution in [0.5, 0.6) is 0 Å². The molecule has 2 heteroatoms. The largest absolute Gasteiger partial charge is 0.135 e. The Morgan fingerprint density at radius 2 is 0.700 bits per heavy atom. The van der Waals surface area contributed by atoms with Crippen LogP contribution in [0.3, 0.4) is 0 Å². The van der Waals surface area contributed by atoms with Gasteiger partial charge in [-0.25, -0.2) is 0 Å². The maximum atomic E-state index is 2.55. The van der Waals surface area contributed by atoms with Crippen molar-refractivity contribution in [3.8, 4) is 0 Å². The SMILES string of the molecule is CCCCc1cc2sc3c(ccc4c3ccc3c5cc(CCCC)c(CCCC)cc5sc34)c2cc1CCCC. The van der Waals surface area contributed by atoms with Crippen LogP contribution in [0.2, 0.25) is 0 Å². The maximum Gasteiger partial charge on any atom is 0.0434 e. The van der Waals surface area contributed by atoms with Gasteiger partial charge in [0.15, 0.2) is 0 Å². The number of unbranched alkanes of at least 4 members (excludes halogenated alkanes) is 4. The molecular formula is C38H44S2. The third kappa shape index (κ3) is 5.07. The highest BCUT2D eigenvalue weighted by Gasteiger charge is 2.16. The first-order chi connectivity index (χ1) is 19.7. The van der Waals surface area contributed by atoms with Crippen LogP contribution >= 0.6 is 22.7 Å². The van der Waals surface area contributed by atoms with Crippen molar-refractivity contribution in [2.24, 2.45) is 0 Å².